The third-order valence-corrected chi connectivity index (χ3v) is 4.01. The van der Waals surface area contributed by atoms with Crippen LogP contribution in [0.15, 0.2) is 18.2 Å². The van der Waals surface area contributed by atoms with Crippen molar-refractivity contribution in [2.45, 2.75) is 71.9 Å². The highest BCUT2D eigenvalue weighted by Gasteiger charge is 2.12. The second-order valence-corrected chi connectivity index (χ2v) is 6.26. The van der Waals surface area contributed by atoms with E-state index in [2.05, 4.69) is 51.2 Å². The summed E-state index contributed by atoms with van der Waals surface area (Å²) in [5, 5.41) is 3.38. The molecule has 0 aromatic heterocycles. The maximum Gasteiger partial charge on any atom is 0.0665 e. The summed E-state index contributed by atoms with van der Waals surface area (Å²) in [7, 11) is 2.01. The zero-order chi connectivity index (χ0) is 15.7. The molecule has 0 heterocycles. The fourth-order valence-electron chi connectivity index (χ4n) is 2.76. The van der Waals surface area contributed by atoms with Crippen molar-refractivity contribution >= 4 is 0 Å². The normalized spacial score (nSPS) is 14.1. The van der Waals surface area contributed by atoms with Crippen molar-refractivity contribution in [3.8, 4) is 0 Å². The van der Waals surface area contributed by atoms with Crippen LogP contribution in [0.5, 0.6) is 0 Å². The molecule has 1 N–H and O–H groups in total. The van der Waals surface area contributed by atoms with E-state index >= 15 is 0 Å². The molecule has 120 valence electrons. The molecule has 0 saturated heterocycles. The molecule has 2 heteroatoms. The Morgan fingerprint density at radius 2 is 1.71 bits per heavy atom. The van der Waals surface area contributed by atoms with E-state index in [1.807, 2.05) is 7.05 Å². The van der Waals surface area contributed by atoms with Crippen molar-refractivity contribution in [3.63, 3.8) is 0 Å². The largest absolute Gasteiger partial charge is 0.377 e. The molecule has 0 radical (unpaired) electrons. The first-order chi connectivity index (χ1) is 10.1. The quantitative estimate of drug-likeness (QED) is 0.617. The van der Waals surface area contributed by atoms with Crippen LogP contribution in [-0.2, 0) is 4.74 Å². The van der Waals surface area contributed by atoms with Crippen molar-refractivity contribution in [1.29, 1.82) is 0 Å². The Morgan fingerprint density at radius 3 is 2.29 bits per heavy atom. The van der Waals surface area contributed by atoms with Crippen molar-refractivity contribution in [2.24, 2.45) is 0 Å². The number of unbranched alkanes of at least 4 members (excludes halogenated alkanes) is 3. The number of likely N-dealkylation sites (N-methyl/N-ethyl adjacent to an activating group) is 1. The van der Waals surface area contributed by atoms with Gasteiger partial charge in [-0.1, -0.05) is 61.9 Å². The molecule has 0 aliphatic heterocycles. The maximum atomic E-state index is 6.05. The lowest BCUT2D eigenvalue weighted by Crippen LogP contribution is -2.24. The molecule has 1 rings (SSSR count). The van der Waals surface area contributed by atoms with Crippen LogP contribution in [0.25, 0.3) is 0 Å². The Morgan fingerprint density at radius 1 is 1.05 bits per heavy atom. The Kier molecular flexibility index (Phi) is 8.63. The molecule has 0 bridgehead atoms. The van der Waals surface area contributed by atoms with Gasteiger partial charge in [0.2, 0.25) is 0 Å². The number of aryl methyl sites for hydroxylation is 2. The van der Waals surface area contributed by atoms with Crippen molar-refractivity contribution < 1.29 is 4.74 Å². The van der Waals surface area contributed by atoms with Crippen LogP contribution < -0.4 is 5.32 Å². The first-order valence-electron chi connectivity index (χ1n) is 8.43. The van der Waals surface area contributed by atoms with Gasteiger partial charge in [-0.05, 0) is 39.8 Å². The third-order valence-electron chi connectivity index (χ3n) is 4.01. The third kappa shape index (κ3) is 7.10. The van der Waals surface area contributed by atoms with E-state index in [1.165, 1.54) is 48.8 Å². The first kappa shape index (κ1) is 18.2. The number of benzene rings is 1. The molecule has 0 fully saturated rings. The molecule has 21 heavy (non-hydrogen) atoms. The molecule has 0 saturated carbocycles. The molecule has 2 nitrogen and oxygen atoms in total. The van der Waals surface area contributed by atoms with Gasteiger partial charge in [0.05, 0.1) is 18.8 Å². The van der Waals surface area contributed by atoms with E-state index in [9.17, 15) is 0 Å². The minimum atomic E-state index is 0.279. The second-order valence-electron chi connectivity index (χ2n) is 6.26. The van der Waals surface area contributed by atoms with Crippen LogP contribution in [0.2, 0.25) is 0 Å². The summed E-state index contributed by atoms with van der Waals surface area (Å²) < 4.78 is 6.05. The average molecular weight is 291 g/mol. The van der Waals surface area contributed by atoms with E-state index in [0.29, 0.717) is 6.10 Å². The van der Waals surface area contributed by atoms with Gasteiger partial charge >= 0.3 is 0 Å². The standard InChI is InChI=1S/C19H33NO/c1-6-7-8-9-10-17(4)21-14-19(20-5)18-12-15(2)11-16(3)13-18/h11-13,17,19-20H,6-10,14H2,1-5H3. The van der Waals surface area contributed by atoms with Gasteiger partial charge in [0.1, 0.15) is 0 Å². The van der Waals surface area contributed by atoms with E-state index in [-0.39, 0.29) is 6.04 Å². The fourth-order valence-corrected chi connectivity index (χ4v) is 2.76. The Labute approximate surface area is 131 Å². The first-order valence-corrected chi connectivity index (χ1v) is 8.43. The van der Waals surface area contributed by atoms with Crippen LogP contribution >= 0.6 is 0 Å². The van der Waals surface area contributed by atoms with E-state index in [1.54, 1.807) is 0 Å². The van der Waals surface area contributed by atoms with Gasteiger partial charge in [0.25, 0.3) is 0 Å². The highest BCUT2D eigenvalue weighted by molar-refractivity contribution is 5.30. The number of hydrogen-bond donors (Lipinski definition) is 1. The highest BCUT2D eigenvalue weighted by Crippen LogP contribution is 2.18. The van der Waals surface area contributed by atoms with Crippen LogP contribution in [0, 0.1) is 13.8 Å². The molecular weight excluding hydrogens is 258 g/mol. The lowest BCUT2D eigenvalue weighted by Gasteiger charge is -2.21. The maximum absolute atomic E-state index is 6.05. The van der Waals surface area contributed by atoms with Crippen LogP contribution in [0.3, 0.4) is 0 Å². The van der Waals surface area contributed by atoms with Gasteiger partial charge in [0, 0.05) is 0 Å². The molecule has 0 aliphatic rings. The molecule has 1 aromatic rings. The summed E-state index contributed by atoms with van der Waals surface area (Å²) in [6.07, 6.45) is 6.77. The van der Waals surface area contributed by atoms with Gasteiger partial charge in [-0.25, -0.2) is 0 Å². The SMILES string of the molecule is CCCCCCC(C)OCC(NC)c1cc(C)cc(C)c1. The van der Waals surface area contributed by atoms with Crippen LogP contribution in [0.1, 0.15) is 68.7 Å². The van der Waals surface area contributed by atoms with Crippen LogP contribution in [-0.4, -0.2) is 19.8 Å². The van der Waals surface area contributed by atoms with Gasteiger partial charge in [-0.2, -0.15) is 0 Å². The summed E-state index contributed by atoms with van der Waals surface area (Å²) in [6, 6.07) is 7.00. The van der Waals surface area contributed by atoms with Crippen molar-refractivity contribution in [1.82, 2.24) is 5.32 Å². The number of rotatable bonds is 10. The molecule has 2 atom stereocenters. The number of nitrogens with one attached hydrogen (secondary N) is 1. The number of hydrogen-bond acceptors (Lipinski definition) is 2. The molecule has 2 unspecified atom stereocenters. The number of ether oxygens (including phenoxy) is 1. The van der Waals surface area contributed by atoms with Gasteiger partial charge in [-0.3, -0.25) is 0 Å². The lowest BCUT2D eigenvalue weighted by atomic mass is 10.0. The summed E-state index contributed by atoms with van der Waals surface area (Å²) in [6.45, 7) is 9.50. The Hall–Kier alpha value is -0.860. The molecule has 1 aromatic carbocycles. The van der Waals surface area contributed by atoms with Gasteiger partial charge in [0.15, 0.2) is 0 Å². The van der Waals surface area contributed by atoms with Crippen molar-refractivity contribution in [3.05, 3.63) is 34.9 Å². The summed E-state index contributed by atoms with van der Waals surface area (Å²) >= 11 is 0. The zero-order valence-electron chi connectivity index (χ0n) is 14.5. The molecule has 0 amide bonds. The van der Waals surface area contributed by atoms with E-state index in [4.69, 9.17) is 4.74 Å². The fraction of sp³-hybridized carbons (Fsp3) is 0.684. The van der Waals surface area contributed by atoms with E-state index < -0.39 is 0 Å². The Balaban J connectivity index is 2.43. The topological polar surface area (TPSA) is 21.3 Å². The summed E-state index contributed by atoms with van der Waals surface area (Å²) in [5.41, 5.74) is 3.96. The monoisotopic (exact) mass is 291 g/mol. The van der Waals surface area contributed by atoms with Crippen LogP contribution in [0.4, 0.5) is 0 Å². The summed E-state index contributed by atoms with van der Waals surface area (Å²) in [4.78, 5) is 0. The molecular formula is C19H33NO. The predicted molar refractivity (Wildman–Crippen MR) is 91.9 cm³/mol. The highest BCUT2D eigenvalue weighted by atomic mass is 16.5. The average Bonchev–Trinajstić information content (AvgIpc) is 2.43. The zero-order valence-corrected chi connectivity index (χ0v) is 14.5. The van der Waals surface area contributed by atoms with Gasteiger partial charge < -0.3 is 10.1 Å². The predicted octanol–water partition coefficient (Wildman–Crippen LogP) is 4.94. The molecule has 0 spiro atoms. The van der Waals surface area contributed by atoms with Crippen molar-refractivity contribution in [2.75, 3.05) is 13.7 Å². The van der Waals surface area contributed by atoms with Gasteiger partial charge in [-0.15, -0.1) is 0 Å². The minimum Gasteiger partial charge on any atom is -0.377 e. The summed E-state index contributed by atoms with van der Waals surface area (Å²) in [5.74, 6) is 0. The second kappa shape index (κ2) is 9.97. The molecule has 0 aliphatic carbocycles. The Bertz CT molecular complexity index is 382. The van der Waals surface area contributed by atoms with E-state index in [0.717, 1.165) is 6.61 Å². The lowest BCUT2D eigenvalue weighted by molar-refractivity contribution is 0.0441. The smallest absolute Gasteiger partial charge is 0.0665 e. The minimum absolute atomic E-state index is 0.279.